The van der Waals surface area contributed by atoms with Gasteiger partial charge in [-0.15, -0.1) is 11.8 Å². The Kier molecular flexibility index (Phi) is 7.34. The fourth-order valence-corrected chi connectivity index (χ4v) is 5.57. The van der Waals surface area contributed by atoms with Gasteiger partial charge in [0.2, 0.25) is 0 Å². The lowest BCUT2D eigenvalue weighted by atomic mass is 9.99. The van der Waals surface area contributed by atoms with Gasteiger partial charge in [0.05, 0.1) is 24.8 Å². The molecule has 2 saturated heterocycles. The van der Waals surface area contributed by atoms with E-state index < -0.39 is 37.9 Å². The van der Waals surface area contributed by atoms with E-state index in [4.69, 9.17) is 13.9 Å². The van der Waals surface area contributed by atoms with Gasteiger partial charge in [-0.25, -0.2) is 9.59 Å². The second-order valence-corrected chi connectivity index (χ2v) is 16.5. The molecule has 0 aromatic heterocycles. The molecule has 31 heavy (non-hydrogen) atoms. The fraction of sp³-hybridized carbons (Fsp3) is 0.850. The topological polar surface area (TPSA) is 103 Å². The Labute approximate surface area is 190 Å². The van der Waals surface area contributed by atoms with Gasteiger partial charge in [-0.3, -0.25) is 9.69 Å². The Hall–Kier alpha value is -1.46. The normalized spacial score (nSPS) is 26.5. The minimum absolute atomic E-state index is 0.0278. The minimum atomic E-state index is -2.21. The Morgan fingerprint density at radius 3 is 2.35 bits per heavy atom. The Bertz CT molecular complexity index is 719. The first kappa shape index (κ1) is 25.8. The maximum atomic E-state index is 13.6. The zero-order valence-electron chi connectivity index (χ0n) is 20.0. The molecule has 2 fully saturated rings. The quantitative estimate of drug-likeness (QED) is 0.473. The van der Waals surface area contributed by atoms with Crippen LogP contribution < -0.4 is 5.32 Å². The maximum absolute atomic E-state index is 13.6. The van der Waals surface area contributed by atoms with Crippen molar-refractivity contribution in [1.82, 2.24) is 10.2 Å². The van der Waals surface area contributed by atoms with Crippen molar-refractivity contribution in [3.05, 3.63) is 0 Å². The zero-order chi connectivity index (χ0) is 23.8. The van der Waals surface area contributed by atoms with Crippen LogP contribution in [0.1, 0.15) is 48.0 Å². The molecule has 2 heterocycles. The Morgan fingerprint density at radius 1 is 1.23 bits per heavy atom. The molecule has 3 atom stereocenters. The molecule has 9 nitrogen and oxygen atoms in total. The molecule has 0 unspecified atom stereocenters. The van der Waals surface area contributed by atoms with Crippen LogP contribution in [-0.2, 0) is 23.4 Å². The maximum Gasteiger partial charge on any atom is 0.509 e. The van der Waals surface area contributed by atoms with E-state index in [0.29, 0.717) is 12.2 Å². The van der Waals surface area contributed by atoms with E-state index in [1.54, 1.807) is 20.8 Å². The Balaban J connectivity index is 2.29. The third-order valence-electron chi connectivity index (χ3n) is 5.84. The smallest absolute Gasteiger partial charge is 0.444 e. The number of ether oxygens (including phenoxy) is 3. The van der Waals surface area contributed by atoms with Crippen LogP contribution in [-0.4, -0.2) is 73.6 Å². The molecule has 2 aliphatic heterocycles. The van der Waals surface area contributed by atoms with Gasteiger partial charge in [-0.1, -0.05) is 20.8 Å². The number of thioether (sulfide) groups is 1. The number of fused-ring (bicyclic) bond motifs is 1. The lowest BCUT2D eigenvalue weighted by Crippen LogP contribution is -2.60. The zero-order valence-corrected chi connectivity index (χ0v) is 21.8. The highest BCUT2D eigenvalue weighted by Gasteiger charge is 2.59. The fourth-order valence-electron chi connectivity index (χ4n) is 3.12. The molecule has 0 aliphatic carbocycles. The minimum Gasteiger partial charge on any atom is -0.444 e. The molecular weight excluding hydrogens is 440 g/mol. The summed E-state index contributed by atoms with van der Waals surface area (Å²) in [6.07, 6.45) is -1.97. The first-order valence-corrected chi connectivity index (χ1v) is 14.3. The molecule has 1 N–H and O–H groups in total. The van der Waals surface area contributed by atoms with Crippen LogP contribution >= 0.6 is 11.8 Å². The summed E-state index contributed by atoms with van der Waals surface area (Å²) in [5.74, 6) is 0.0953. The number of amides is 2. The van der Waals surface area contributed by atoms with Crippen LogP contribution in [0.3, 0.4) is 0 Å². The molecule has 2 amide bonds. The molecule has 2 aliphatic rings. The van der Waals surface area contributed by atoms with Gasteiger partial charge in [-0.05, 0) is 38.9 Å². The van der Waals surface area contributed by atoms with E-state index in [1.165, 1.54) is 23.8 Å². The van der Waals surface area contributed by atoms with Gasteiger partial charge in [0.25, 0.3) is 5.91 Å². The van der Waals surface area contributed by atoms with Crippen molar-refractivity contribution in [2.24, 2.45) is 0 Å². The summed E-state index contributed by atoms with van der Waals surface area (Å²) in [4.78, 5) is 39.4. The first-order valence-electron chi connectivity index (χ1n) is 10.4. The molecule has 0 aromatic carbocycles. The summed E-state index contributed by atoms with van der Waals surface area (Å²) in [7, 11) is -0.990. The van der Waals surface area contributed by atoms with Crippen LogP contribution in [0, 0.1) is 0 Å². The van der Waals surface area contributed by atoms with Crippen LogP contribution in [0.15, 0.2) is 0 Å². The summed E-state index contributed by atoms with van der Waals surface area (Å²) in [5, 5.41) is 2.48. The second kappa shape index (κ2) is 8.82. The van der Waals surface area contributed by atoms with Crippen molar-refractivity contribution < 1.29 is 33.0 Å². The van der Waals surface area contributed by atoms with E-state index in [2.05, 4.69) is 43.9 Å². The summed E-state index contributed by atoms with van der Waals surface area (Å²) < 4.78 is 21.6. The number of carbonyl (C=O) groups is 3. The lowest BCUT2D eigenvalue weighted by molar-refractivity contribution is -0.142. The van der Waals surface area contributed by atoms with E-state index in [-0.39, 0.29) is 22.9 Å². The molecule has 0 spiro atoms. The number of methoxy groups -OCH3 is 1. The van der Waals surface area contributed by atoms with Gasteiger partial charge < -0.3 is 24.0 Å². The van der Waals surface area contributed by atoms with Gasteiger partial charge in [0.1, 0.15) is 11.1 Å². The van der Waals surface area contributed by atoms with Crippen molar-refractivity contribution in [3.63, 3.8) is 0 Å². The van der Waals surface area contributed by atoms with Crippen LogP contribution in [0.25, 0.3) is 0 Å². The first-order chi connectivity index (χ1) is 14.0. The molecule has 0 radical (unpaired) electrons. The predicted molar refractivity (Wildman–Crippen MR) is 120 cm³/mol. The van der Waals surface area contributed by atoms with Crippen molar-refractivity contribution in [1.29, 1.82) is 0 Å². The standard InChI is InChI=1S/C20H36N2O7SSi/c1-18(2,3)29-16(24)21-20(12-27-31(8,9)19(4,5)6)10-14-22(15(20)23)13(11-30-14)28-17(25)26-7/h13-14H,10-12H2,1-9H3,(H,21,24)/t13-,14-,20+/m1/s1. The molecule has 178 valence electrons. The average molecular weight is 477 g/mol. The largest absolute Gasteiger partial charge is 0.509 e. The van der Waals surface area contributed by atoms with Gasteiger partial charge >= 0.3 is 12.2 Å². The molecular formula is C20H36N2O7SSi. The highest BCUT2D eigenvalue weighted by molar-refractivity contribution is 8.00. The van der Waals surface area contributed by atoms with Gasteiger partial charge in [-0.2, -0.15) is 0 Å². The van der Waals surface area contributed by atoms with Crippen LogP contribution in [0.2, 0.25) is 18.1 Å². The number of hydrogen-bond acceptors (Lipinski definition) is 8. The lowest BCUT2D eigenvalue weighted by Gasteiger charge is -2.39. The summed E-state index contributed by atoms with van der Waals surface area (Å²) in [6.45, 7) is 15.8. The number of rotatable bonds is 5. The van der Waals surface area contributed by atoms with Crippen molar-refractivity contribution in [3.8, 4) is 0 Å². The summed E-state index contributed by atoms with van der Waals surface area (Å²) >= 11 is 1.49. The number of nitrogens with zero attached hydrogens (tertiary/aromatic N) is 1. The number of hydrogen-bond donors (Lipinski definition) is 1. The van der Waals surface area contributed by atoms with E-state index in [9.17, 15) is 14.4 Å². The van der Waals surface area contributed by atoms with E-state index in [0.717, 1.165) is 0 Å². The third-order valence-corrected chi connectivity index (χ3v) is 11.6. The molecule has 0 aromatic rings. The van der Waals surface area contributed by atoms with Crippen LogP contribution in [0.4, 0.5) is 9.59 Å². The molecule has 2 rings (SSSR count). The summed E-state index contributed by atoms with van der Waals surface area (Å²) in [6, 6.07) is 0. The average Bonchev–Trinajstić information content (AvgIpc) is 3.09. The van der Waals surface area contributed by atoms with Crippen molar-refractivity contribution >= 4 is 38.2 Å². The molecule has 0 saturated carbocycles. The molecule has 11 heteroatoms. The van der Waals surface area contributed by atoms with E-state index in [1.807, 2.05) is 0 Å². The highest BCUT2D eigenvalue weighted by Crippen LogP contribution is 2.44. The second-order valence-electron chi connectivity index (χ2n) is 10.5. The number of carbonyl (C=O) groups excluding carboxylic acids is 3. The van der Waals surface area contributed by atoms with Crippen LogP contribution in [0.5, 0.6) is 0 Å². The third kappa shape index (κ3) is 5.86. The summed E-state index contributed by atoms with van der Waals surface area (Å²) in [5.41, 5.74) is -2.01. The predicted octanol–water partition coefficient (Wildman–Crippen LogP) is 3.69. The SMILES string of the molecule is COC(=O)O[C@@H]1CS[C@@H]2C[C@@](CO[Si](C)(C)C(C)(C)C)(NC(=O)OC(C)(C)C)C(=O)N12. The van der Waals surface area contributed by atoms with Gasteiger partial charge in [0.15, 0.2) is 14.5 Å². The van der Waals surface area contributed by atoms with Crippen molar-refractivity contribution in [2.45, 2.75) is 88.8 Å². The van der Waals surface area contributed by atoms with Gasteiger partial charge in [0, 0.05) is 6.42 Å². The monoisotopic (exact) mass is 476 g/mol. The highest BCUT2D eigenvalue weighted by atomic mass is 32.2. The van der Waals surface area contributed by atoms with Crippen molar-refractivity contribution in [2.75, 3.05) is 19.5 Å². The van der Waals surface area contributed by atoms with E-state index >= 15 is 0 Å². The molecule has 0 bridgehead atoms. The number of nitrogens with one attached hydrogen (secondary N) is 1. The number of alkyl carbamates (subject to hydrolysis) is 1. The Morgan fingerprint density at radius 2 is 1.84 bits per heavy atom.